The van der Waals surface area contributed by atoms with E-state index < -0.39 is 0 Å². The molecule has 0 saturated heterocycles. The summed E-state index contributed by atoms with van der Waals surface area (Å²) in [6, 6.07) is 1.74. The number of nitrogens with zero attached hydrogens (tertiary/aromatic N) is 1. The van der Waals surface area contributed by atoms with Crippen LogP contribution in [0.3, 0.4) is 0 Å². The summed E-state index contributed by atoms with van der Waals surface area (Å²) in [5, 5.41) is 1.38. The lowest BCUT2D eigenvalue weighted by atomic mass is 10.2. The molecule has 0 aliphatic rings. The van der Waals surface area contributed by atoms with Gasteiger partial charge in [0.25, 0.3) is 0 Å². The predicted molar refractivity (Wildman–Crippen MR) is 61.1 cm³/mol. The summed E-state index contributed by atoms with van der Waals surface area (Å²) < 4.78 is 0. The molecule has 0 aliphatic heterocycles. The van der Waals surface area contributed by atoms with Gasteiger partial charge >= 0.3 is 0 Å². The lowest BCUT2D eigenvalue weighted by Crippen LogP contribution is -1.91. The van der Waals surface area contributed by atoms with Gasteiger partial charge in [-0.2, -0.15) is 0 Å². The van der Waals surface area contributed by atoms with Crippen molar-refractivity contribution in [2.24, 2.45) is 0 Å². The lowest BCUT2D eigenvalue weighted by Gasteiger charge is -2.00. The van der Waals surface area contributed by atoms with Crippen molar-refractivity contribution in [1.29, 1.82) is 0 Å². The highest BCUT2D eigenvalue weighted by Crippen LogP contribution is 2.20. The van der Waals surface area contributed by atoms with Gasteiger partial charge in [0.1, 0.15) is 5.15 Å². The molecule has 0 aromatic carbocycles. The van der Waals surface area contributed by atoms with Crippen LogP contribution in [0.15, 0.2) is 18.3 Å². The van der Waals surface area contributed by atoms with Crippen LogP contribution in [0.2, 0.25) is 5.15 Å². The first kappa shape index (κ1) is 10.5. The molecule has 70 valence electrons. The SMILES string of the molecule is Nc1ccnc(Cl)c1C=CCCBr. The van der Waals surface area contributed by atoms with Gasteiger partial charge in [-0.05, 0) is 12.5 Å². The number of nitrogens with two attached hydrogens (primary N) is 1. The third kappa shape index (κ3) is 3.01. The predicted octanol–water partition coefficient (Wildman–Crippen LogP) is 3.12. The molecule has 0 fully saturated rings. The summed E-state index contributed by atoms with van der Waals surface area (Å²) in [6.45, 7) is 0. The minimum Gasteiger partial charge on any atom is -0.398 e. The number of hydrogen-bond donors (Lipinski definition) is 1. The molecule has 4 heteroatoms. The zero-order valence-corrected chi connectivity index (χ0v) is 9.35. The normalized spacial score (nSPS) is 10.9. The Labute approximate surface area is 90.9 Å². The van der Waals surface area contributed by atoms with Gasteiger partial charge in [0, 0.05) is 22.8 Å². The molecular weight excluding hydrogens is 251 g/mol. The van der Waals surface area contributed by atoms with Crippen LogP contribution in [0.1, 0.15) is 12.0 Å². The van der Waals surface area contributed by atoms with E-state index in [1.807, 2.05) is 12.2 Å². The molecule has 0 bridgehead atoms. The second kappa shape index (κ2) is 5.25. The topological polar surface area (TPSA) is 38.9 Å². The standard InChI is InChI=1S/C9H10BrClN2/c10-5-2-1-3-7-8(12)4-6-13-9(7)11/h1,3-4,6H,2,5H2,(H2,12,13). The van der Waals surface area contributed by atoms with E-state index in [9.17, 15) is 0 Å². The Bertz CT molecular complexity index is 292. The maximum absolute atomic E-state index is 5.85. The number of aromatic nitrogens is 1. The number of nitrogen functional groups attached to an aromatic ring is 1. The molecule has 0 spiro atoms. The van der Waals surface area contributed by atoms with Crippen LogP contribution in [-0.2, 0) is 0 Å². The number of halogens is 2. The van der Waals surface area contributed by atoms with Crippen molar-refractivity contribution in [2.45, 2.75) is 6.42 Å². The van der Waals surface area contributed by atoms with Crippen LogP contribution in [0.4, 0.5) is 5.69 Å². The fourth-order valence-corrected chi connectivity index (χ4v) is 1.38. The van der Waals surface area contributed by atoms with Crippen molar-refractivity contribution in [3.05, 3.63) is 29.1 Å². The van der Waals surface area contributed by atoms with Gasteiger partial charge in [-0.25, -0.2) is 4.98 Å². The number of allylic oxidation sites excluding steroid dienone is 1. The summed E-state index contributed by atoms with van der Waals surface area (Å²) in [7, 11) is 0. The van der Waals surface area contributed by atoms with Gasteiger partial charge in [-0.1, -0.05) is 39.7 Å². The molecule has 0 aliphatic carbocycles. The van der Waals surface area contributed by atoms with Gasteiger partial charge in [0.15, 0.2) is 0 Å². The fraction of sp³-hybridized carbons (Fsp3) is 0.222. The molecule has 0 atom stereocenters. The highest BCUT2D eigenvalue weighted by molar-refractivity contribution is 9.09. The van der Waals surface area contributed by atoms with Crippen molar-refractivity contribution in [3.63, 3.8) is 0 Å². The largest absolute Gasteiger partial charge is 0.398 e. The summed E-state index contributed by atoms with van der Waals surface area (Å²) in [5.74, 6) is 0. The first-order valence-corrected chi connectivity index (χ1v) is 5.38. The van der Waals surface area contributed by atoms with Gasteiger partial charge < -0.3 is 5.73 Å². The smallest absolute Gasteiger partial charge is 0.138 e. The Morgan fingerprint density at radius 2 is 2.38 bits per heavy atom. The van der Waals surface area contributed by atoms with E-state index >= 15 is 0 Å². The van der Waals surface area contributed by atoms with Crippen molar-refractivity contribution in [2.75, 3.05) is 11.1 Å². The van der Waals surface area contributed by atoms with Crippen LogP contribution >= 0.6 is 27.5 Å². The van der Waals surface area contributed by atoms with Gasteiger partial charge in [-0.3, -0.25) is 0 Å². The number of hydrogen-bond acceptors (Lipinski definition) is 2. The average molecular weight is 262 g/mol. The van der Waals surface area contributed by atoms with E-state index in [2.05, 4.69) is 20.9 Å². The van der Waals surface area contributed by atoms with Crippen LogP contribution < -0.4 is 5.73 Å². The maximum atomic E-state index is 5.85. The van der Waals surface area contributed by atoms with Crippen molar-refractivity contribution < 1.29 is 0 Å². The summed E-state index contributed by atoms with van der Waals surface area (Å²) in [6.07, 6.45) is 6.45. The Kier molecular flexibility index (Phi) is 4.25. The molecule has 0 saturated carbocycles. The molecular formula is C9H10BrClN2. The maximum Gasteiger partial charge on any atom is 0.138 e. The molecule has 0 unspecified atom stereocenters. The highest BCUT2D eigenvalue weighted by Gasteiger charge is 2.00. The summed E-state index contributed by atoms with van der Waals surface area (Å²) >= 11 is 9.18. The van der Waals surface area contributed by atoms with Crippen molar-refractivity contribution in [1.82, 2.24) is 4.98 Å². The fourth-order valence-electron chi connectivity index (χ4n) is 0.891. The minimum atomic E-state index is 0.450. The second-order valence-electron chi connectivity index (χ2n) is 2.48. The third-order valence-corrected chi connectivity index (χ3v) is 2.29. The van der Waals surface area contributed by atoms with Crippen molar-refractivity contribution in [3.8, 4) is 0 Å². The zero-order valence-electron chi connectivity index (χ0n) is 7.00. The number of alkyl halides is 1. The lowest BCUT2D eigenvalue weighted by molar-refractivity contribution is 1.26. The summed E-state index contributed by atoms with van der Waals surface area (Å²) in [5.41, 5.74) is 7.17. The molecule has 1 aromatic rings. The third-order valence-electron chi connectivity index (χ3n) is 1.54. The van der Waals surface area contributed by atoms with Crippen LogP contribution in [0.5, 0.6) is 0 Å². The molecule has 1 rings (SSSR count). The van der Waals surface area contributed by atoms with Crippen molar-refractivity contribution >= 4 is 39.3 Å². The quantitative estimate of drug-likeness (QED) is 0.671. The van der Waals surface area contributed by atoms with E-state index in [-0.39, 0.29) is 0 Å². The Morgan fingerprint density at radius 3 is 3.00 bits per heavy atom. The molecule has 1 heterocycles. The zero-order chi connectivity index (χ0) is 9.68. The van der Waals surface area contributed by atoms with Gasteiger partial charge in [0.2, 0.25) is 0 Å². The first-order valence-electron chi connectivity index (χ1n) is 3.88. The molecule has 2 nitrogen and oxygen atoms in total. The Morgan fingerprint density at radius 1 is 1.62 bits per heavy atom. The van der Waals surface area contributed by atoms with E-state index in [1.165, 1.54) is 0 Å². The van der Waals surface area contributed by atoms with Gasteiger partial charge in [-0.15, -0.1) is 0 Å². The highest BCUT2D eigenvalue weighted by atomic mass is 79.9. The van der Waals surface area contributed by atoms with E-state index in [4.69, 9.17) is 17.3 Å². The number of pyridine rings is 1. The summed E-state index contributed by atoms with van der Waals surface area (Å²) in [4.78, 5) is 3.94. The van der Waals surface area contributed by atoms with Gasteiger partial charge in [0.05, 0.1) is 0 Å². The van der Waals surface area contributed by atoms with Crippen LogP contribution in [0.25, 0.3) is 6.08 Å². The first-order chi connectivity index (χ1) is 6.25. The van der Waals surface area contributed by atoms with Crippen LogP contribution in [-0.4, -0.2) is 10.3 Å². The molecule has 0 amide bonds. The monoisotopic (exact) mass is 260 g/mol. The van der Waals surface area contributed by atoms with E-state index in [0.717, 1.165) is 17.3 Å². The Balaban J connectivity index is 2.87. The number of rotatable bonds is 3. The number of anilines is 1. The van der Waals surface area contributed by atoms with E-state index in [0.29, 0.717) is 10.8 Å². The van der Waals surface area contributed by atoms with Crippen LogP contribution in [0, 0.1) is 0 Å². The molecule has 0 radical (unpaired) electrons. The molecule has 1 aromatic heterocycles. The second-order valence-corrected chi connectivity index (χ2v) is 3.64. The minimum absolute atomic E-state index is 0.450. The average Bonchev–Trinajstić information content (AvgIpc) is 2.10. The molecule has 13 heavy (non-hydrogen) atoms. The Hall–Kier alpha value is -0.540. The van der Waals surface area contributed by atoms with E-state index in [1.54, 1.807) is 12.3 Å². The molecule has 2 N–H and O–H groups in total.